The van der Waals surface area contributed by atoms with Crippen LogP contribution in [0.2, 0.25) is 5.02 Å². The lowest BCUT2D eigenvalue weighted by atomic mass is 10.1. The van der Waals surface area contributed by atoms with Gasteiger partial charge in [0.2, 0.25) is 10.0 Å². The Labute approximate surface area is 132 Å². The molecule has 0 spiro atoms. The van der Waals surface area contributed by atoms with Gasteiger partial charge in [0.25, 0.3) is 0 Å². The summed E-state index contributed by atoms with van der Waals surface area (Å²) < 4.78 is 27.4. The van der Waals surface area contributed by atoms with Crippen LogP contribution in [0.3, 0.4) is 0 Å². The van der Waals surface area contributed by atoms with Gasteiger partial charge in [-0.3, -0.25) is 0 Å². The molecule has 2 N–H and O–H groups in total. The van der Waals surface area contributed by atoms with Gasteiger partial charge in [0.1, 0.15) is 4.90 Å². The van der Waals surface area contributed by atoms with Crippen LogP contribution in [0.5, 0.6) is 0 Å². The Balaban J connectivity index is 2.02. The molecule has 0 amide bonds. The molecule has 6 heteroatoms. The van der Waals surface area contributed by atoms with Crippen LogP contribution in [-0.4, -0.2) is 27.5 Å². The van der Waals surface area contributed by atoms with Crippen molar-refractivity contribution in [3.8, 4) is 0 Å². The normalized spacial score (nSPS) is 19.0. The summed E-state index contributed by atoms with van der Waals surface area (Å²) in [5, 5.41) is 3.64. The van der Waals surface area contributed by atoms with Crippen molar-refractivity contribution in [2.75, 3.05) is 13.1 Å². The smallest absolute Gasteiger partial charge is 0.242 e. The Kier molecular flexibility index (Phi) is 6.05. The second-order valence-corrected chi connectivity index (χ2v) is 7.64. The molecule has 1 saturated heterocycles. The van der Waals surface area contributed by atoms with Gasteiger partial charge in [-0.25, -0.2) is 13.1 Å². The molecule has 0 radical (unpaired) electrons. The molecule has 0 aromatic heterocycles. The molecule has 1 aliphatic heterocycles. The Morgan fingerprint density at radius 3 is 2.90 bits per heavy atom. The molecule has 0 saturated carbocycles. The second kappa shape index (κ2) is 7.58. The van der Waals surface area contributed by atoms with E-state index < -0.39 is 10.0 Å². The minimum absolute atomic E-state index is 0.189. The van der Waals surface area contributed by atoms with Crippen LogP contribution in [-0.2, 0) is 16.4 Å². The first-order valence-electron chi connectivity index (χ1n) is 7.54. The van der Waals surface area contributed by atoms with Gasteiger partial charge in [-0.05, 0) is 49.9 Å². The first-order valence-corrected chi connectivity index (χ1v) is 9.40. The summed E-state index contributed by atoms with van der Waals surface area (Å²) in [6, 6.07) is 5.66. The monoisotopic (exact) mass is 330 g/mol. The number of hydrogen-bond acceptors (Lipinski definition) is 3. The van der Waals surface area contributed by atoms with Crippen molar-refractivity contribution in [1.82, 2.24) is 10.0 Å². The maximum Gasteiger partial charge on any atom is 0.242 e. The lowest BCUT2D eigenvalue weighted by molar-refractivity contribution is 0.539. The molecule has 118 valence electrons. The summed E-state index contributed by atoms with van der Waals surface area (Å²) in [6.07, 6.45) is 4.93. The minimum atomic E-state index is -3.53. The quantitative estimate of drug-likeness (QED) is 0.808. The highest BCUT2D eigenvalue weighted by Crippen LogP contribution is 2.23. The number of sulfonamides is 1. The molecule has 0 aliphatic carbocycles. The van der Waals surface area contributed by atoms with Crippen LogP contribution in [0.25, 0.3) is 0 Å². The number of nitrogens with one attached hydrogen (secondary N) is 2. The molecule has 21 heavy (non-hydrogen) atoms. The highest BCUT2D eigenvalue weighted by Gasteiger charge is 2.19. The third kappa shape index (κ3) is 4.68. The molecule has 1 fully saturated rings. The molecule has 1 aromatic rings. The van der Waals surface area contributed by atoms with Crippen molar-refractivity contribution < 1.29 is 8.42 Å². The van der Waals surface area contributed by atoms with E-state index in [0.29, 0.717) is 12.6 Å². The number of hydrogen-bond donors (Lipinski definition) is 2. The molecular weight excluding hydrogens is 308 g/mol. The van der Waals surface area contributed by atoms with Gasteiger partial charge in [-0.1, -0.05) is 31.0 Å². The van der Waals surface area contributed by atoms with E-state index in [0.717, 1.165) is 37.8 Å². The summed E-state index contributed by atoms with van der Waals surface area (Å²) >= 11 is 6.06. The zero-order valence-corrected chi connectivity index (χ0v) is 13.9. The van der Waals surface area contributed by atoms with Crippen molar-refractivity contribution in [2.24, 2.45) is 0 Å². The van der Waals surface area contributed by atoms with Gasteiger partial charge in [0, 0.05) is 12.6 Å². The lowest BCUT2D eigenvalue weighted by Crippen LogP contribution is -2.30. The van der Waals surface area contributed by atoms with Gasteiger partial charge < -0.3 is 5.32 Å². The third-order valence-electron chi connectivity index (χ3n) is 3.77. The first kappa shape index (κ1) is 16.7. The van der Waals surface area contributed by atoms with E-state index in [1.54, 1.807) is 12.1 Å². The van der Waals surface area contributed by atoms with Crippen LogP contribution in [0.15, 0.2) is 23.1 Å². The number of rotatable bonds is 7. The van der Waals surface area contributed by atoms with Crippen LogP contribution >= 0.6 is 11.6 Å². The Hall–Kier alpha value is -0.620. The predicted octanol–water partition coefficient (Wildman–Crippen LogP) is 2.71. The predicted molar refractivity (Wildman–Crippen MR) is 86.3 cm³/mol. The number of aryl methyl sites for hydroxylation is 1. The largest absolute Gasteiger partial charge is 0.314 e. The highest BCUT2D eigenvalue weighted by atomic mass is 35.5. The zero-order chi connectivity index (χ0) is 15.3. The average Bonchev–Trinajstić information content (AvgIpc) is 2.94. The SMILES string of the molecule is CCCc1ccc(Cl)c(S(=O)(=O)NCC[C@H]2CCCN2)c1. The number of benzene rings is 1. The average molecular weight is 331 g/mol. The summed E-state index contributed by atoms with van der Waals surface area (Å²) in [5.74, 6) is 0. The Bertz CT molecular complexity index is 569. The van der Waals surface area contributed by atoms with Crippen LogP contribution < -0.4 is 10.0 Å². The summed E-state index contributed by atoms with van der Waals surface area (Å²) in [6.45, 7) is 3.53. The van der Waals surface area contributed by atoms with Crippen molar-refractivity contribution in [2.45, 2.75) is 50.0 Å². The summed E-state index contributed by atoms with van der Waals surface area (Å²) in [5.41, 5.74) is 1.000. The van der Waals surface area contributed by atoms with Crippen LogP contribution in [0.4, 0.5) is 0 Å². The summed E-state index contributed by atoms with van der Waals surface area (Å²) in [4.78, 5) is 0.189. The molecule has 0 bridgehead atoms. The van der Waals surface area contributed by atoms with Gasteiger partial charge in [0.05, 0.1) is 5.02 Å². The van der Waals surface area contributed by atoms with E-state index in [9.17, 15) is 8.42 Å². The zero-order valence-electron chi connectivity index (χ0n) is 12.4. The van der Waals surface area contributed by atoms with E-state index in [1.165, 1.54) is 6.42 Å². The van der Waals surface area contributed by atoms with Crippen LogP contribution in [0, 0.1) is 0 Å². The van der Waals surface area contributed by atoms with Gasteiger partial charge in [-0.15, -0.1) is 0 Å². The fraction of sp³-hybridized carbons (Fsp3) is 0.600. The lowest BCUT2D eigenvalue weighted by Gasteiger charge is -2.12. The Morgan fingerprint density at radius 2 is 2.24 bits per heavy atom. The maximum absolute atomic E-state index is 12.4. The molecule has 4 nitrogen and oxygen atoms in total. The van der Waals surface area contributed by atoms with Crippen molar-refractivity contribution in [1.29, 1.82) is 0 Å². The molecule has 1 heterocycles. The highest BCUT2D eigenvalue weighted by molar-refractivity contribution is 7.89. The third-order valence-corrected chi connectivity index (χ3v) is 5.71. The van der Waals surface area contributed by atoms with E-state index in [1.807, 2.05) is 6.07 Å². The topological polar surface area (TPSA) is 58.2 Å². The molecule has 1 aromatic carbocycles. The molecule has 1 aliphatic rings. The minimum Gasteiger partial charge on any atom is -0.314 e. The van der Waals surface area contributed by atoms with Crippen LogP contribution in [0.1, 0.15) is 38.2 Å². The van der Waals surface area contributed by atoms with E-state index in [2.05, 4.69) is 17.0 Å². The van der Waals surface area contributed by atoms with Crippen molar-refractivity contribution in [3.63, 3.8) is 0 Å². The number of halogens is 1. The molecular formula is C15H23ClN2O2S. The fourth-order valence-corrected chi connectivity index (χ4v) is 4.24. The van der Waals surface area contributed by atoms with Crippen molar-refractivity contribution in [3.05, 3.63) is 28.8 Å². The fourth-order valence-electron chi connectivity index (χ4n) is 2.65. The second-order valence-electron chi connectivity index (χ2n) is 5.49. The standard InChI is InChI=1S/C15H23ClN2O2S/c1-2-4-12-6-7-14(16)15(11-12)21(19,20)18-10-8-13-5-3-9-17-13/h6-7,11,13,17-18H,2-5,8-10H2,1H3/t13-/m1/s1. The van der Waals surface area contributed by atoms with Crippen molar-refractivity contribution >= 4 is 21.6 Å². The first-order chi connectivity index (χ1) is 10.0. The van der Waals surface area contributed by atoms with E-state index in [-0.39, 0.29) is 9.92 Å². The van der Waals surface area contributed by atoms with Gasteiger partial charge >= 0.3 is 0 Å². The van der Waals surface area contributed by atoms with E-state index >= 15 is 0 Å². The Morgan fingerprint density at radius 1 is 1.43 bits per heavy atom. The molecule has 0 unspecified atom stereocenters. The van der Waals surface area contributed by atoms with Gasteiger partial charge in [0.15, 0.2) is 0 Å². The summed E-state index contributed by atoms with van der Waals surface area (Å²) in [7, 11) is -3.53. The van der Waals surface area contributed by atoms with Gasteiger partial charge in [-0.2, -0.15) is 0 Å². The molecule has 1 atom stereocenters. The maximum atomic E-state index is 12.4. The molecule has 2 rings (SSSR count). The van der Waals surface area contributed by atoms with E-state index in [4.69, 9.17) is 11.6 Å².